The highest BCUT2D eigenvalue weighted by Crippen LogP contribution is 2.16. The molecule has 1 rings (SSSR count). The molecular weight excluding hydrogens is 274 g/mol. The second-order valence-corrected chi connectivity index (χ2v) is 4.78. The van der Waals surface area contributed by atoms with Crippen LogP contribution in [0.1, 0.15) is 6.42 Å². The molecule has 3 N–H and O–H groups in total. The van der Waals surface area contributed by atoms with E-state index in [0.29, 0.717) is 12.2 Å². The van der Waals surface area contributed by atoms with Gasteiger partial charge >= 0.3 is 6.03 Å². The van der Waals surface area contributed by atoms with Crippen LogP contribution in [0.15, 0.2) is 18.2 Å². The molecule has 0 aliphatic carbocycles. The molecule has 1 aromatic rings. The molecule has 4 nitrogen and oxygen atoms in total. The fourth-order valence-corrected chi connectivity index (χ4v) is 2.15. The lowest BCUT2D eigenvalue weighted by Crippen LogP contribution is -2.40. The monoisotopic (exact) mass is 290 g/mol. The Balaban J connectivity index is 2.61. The second-order valence-electron chi connectivity index (χ2n) is 3.86. The summed E-state index contributed by atoms with van der Waals surface area (Å²) in [7, 11) is 0. The second kappa shape index (κ2) is 7.96. The summed E-state index contributed by atoms with van der Waals surface area (Å²) >= 11 is 1.52. The number of hydrogen-bond acceptors (Lipinski definition) is 3. The van der Waals surface area contributed by atoms with Gasteiger partial charge in [-0.3, -0.25) is 0 Å². The SMILES string of the molecule is CSCC(CCO)NC(=O)Nc1cccc(F)c1F. The molecule has 2 amide bonds. The fourth-order valence-electron chi connectivity index (χ4n) is 1.50. The van der Waals surface area contributed by atoms with Gasteiger partial charge < -0.3 is 15.7 Å². The van der Waals surface area contributed by atoms with Crippen LogP contribution in [0.5, 0.6) is 0 Å². The first-order chi connectivity index (χ1) is 9.08. The maximum Gasteiger partial charge on any atom is 0.319 e. The number of carbonyl (C=O) groups excluding carboxylic acids is 1. The van der Waals surface area contributed by atoms with E-state index in [0.717, 1.165) is 6.07 Å². The first kappa shape index (κ1) is 15.7. The zero-order valence-corrected chi connectivity index (χ0v) is 11.3. The third kappa shape index (κ3) is 5.04. The summed E-state index contributed by atoms with van der Waals surface area (Å²) in [5.41, 5.74) is -0.218. The zero-order valence-electron chi connectivity index (χ0n) is 10.5. The van der Waals surface area contributed by atoms with Crippen LogP contribution < -0.4 is 10.6 Å². The first-order valence-electron chi connectivity index (χ1n) is 5.69. The average Bonchev–Trinajstić information content (AvgIpc) is 2.35. The minimum absolute atomic E-state index is 0.0557. The Morgan fingerprint density at radius 2 is 2.21 bits per heavy atom. The van der Waals surface area contributed by atoms with Crippen molar-refractivity contribution in [3.8, 4) is 0 Å². The average molecular weight is 290 g/mol. The zero-order chi connectivity index (χ0) is 14.3. The van der Waals surface area contributed by atoms with Crippen molar-refractivity contribution in [2.24, 2.45) is 0 Å². The number of urea groups is 1. The van der Waals surface area contributed by atoms with Crippen LogP contribution in [0.2, 0.25) is 0 Å². The Morgan fingerprint density at radius 3 is 2.84 bits per heavy atom. The molecule has 1 atom stereocenters. The molecule has 0 aromatic heterocycles. The number of anilines is 1. The molecule has 0 saturated heterocycles. The number of carbonyl (C=O) groups is 1. The molecule has 0 aliphatic rings. The van der Waals surface area contributed by atoms with Gasteiger partial charge in [0.05, 0.1) is 5.69 Å². The number of nitrogens with one attached hydrogen (secondary N) is 2. The van der Waals surface area contributed by atoms with Crippen molar-refractivity contribution in [2.45, 2.75) is 12.5 Å². The van der Waals surface area contributed by atoms with E-state index in [9.17, 15) is 13.6 Å². The third-order valence-electron chi connectivity index (χ3n) is 2.38. The maximum absolute atomic E-state index is 13.3. The number of aliphatic hydroxyl groups excluding tert-OH is 1. The molecule has 19 heavy (non-hydrogen) atoms. The fraction of sp³-hybridized carbons (Fsp3) is 0.417. The van der Waals surface area contributed by atoms with E-state index in [-0.39, 0.29) is 18.3 Å². The molecule has 0 spiro atoms. The van der Waals surface area contributed by atoms with Gasteiger partial charge in [0.1, 0.15) is 0 Å². The summed E-state index contributed by atoms with van der Waals surface area (Å²) < 4.78 is 26.3. The van der Waals surface area contributed by atoms with E-state index in [1.54, 1.807) is 0 Å². The summed E-state index contributed by atoms with van der Waals surface area (Å²) in [6, 6.07) is 2.70. The van der Waals surface area contributed by atoms with Gasteiger partial charge in [-0.1, -0.05) is 6.07 Å². The van der Waals surface area contributed by atoms with Crippen molar-refractivity contribution >= 4 is 23.5 Å². The number of thioether (sulfide) groups is 1. The molecule has 0 bridgehead atoms. The van der Waals surface area contributed by atoms with E-state index in [1.165, 1.54) is 23.9 Å². The summed E-state index contributed by atoms with van der Waals surface area (Å²) in [5, 5.41) is 13.7. The summed E-state index contributed by atoms with van der Waals surface area (Å²) in [6.45, 7) is -0.0557. The van der Waals surface area contributed by atoms with Crippen molar-refractivity contribution in [2.75, 3.05) is 23.9 Å². The van der Waals surface area contributed by atoms with Gasteiger partial charge in [0, 0.05) is 18.4 Å². The lowest BCUT2D eigenvalue weighted by Gasteiger charge is -2.17. The van der Waals surface area contributed by atoms with Crippen LogP contribution in [0.4, 0.5) is 19.3 Å². The third-order valence-corrected chi connectivity index (χ3v) is 3.12. The number of hydrogen-bond donors (Lipinski definition) is 3. The van der Waals surface area contributed by atoms with Gasteiger partial charge in [-0.25, -0.2) is 13.6 Å². The van der Waals surface area contributed by atoms with Gasteiger partial charge in [0.15, 0.2) is 11.6 Å². The van der Waals surface area contributed by atoms with Crippen molar-refractivity contribution < 1.29 is 18.7 Å². The van der Waals surface area contributed by atoms with Gasteiger partial charge in [-0.05, 0) is 24.8 Å². The predicted molar refractivity (Wildman–Crippen MR) is 72.4 cm³/mol. The minimum Gasteiger partial charge on any atom is -0.396 e. The summed E-state index contributed by atoms with van der Waals surface area (Å²) in [5.74, 6) is -1.49. The number of benzene rings is 1. The smallest absolute Gasteiger partial charge is 0.319 e. The molecular formula is C12H16F2N2O2S. The first-order valence-corrected chi connectivity index (χ1v) is 7.09. The summed E-state index contributed by atoms with van der Waals surface area (Å²) in [6.07, 6.45) is 2.27. The molecule has 0 fully saturated rings. The number of rotatable bonds is 6. The molecule has 0 radical (unpaired) electrons. The topological polar surface area (TPSA) is 61.4 Å². The molecule has 0 aliphatic heterocycles. The Morgan fingerprint density at radius 1 is 1.47 bits per heavy atom. The van der Waals surface area contributed by atoms with E-state index in [2.05, 4.69) is 10.6 Å². The van der Waals surface area contributed by atoms with Crippen molar-refractivity contribution in [1.82, 2.24) is 5.32 Å². The van der Waals surface area contributed by atoms with Crippen molar-refractivity contribution in [1.29, 1.82) is 0 Å². The lowest BCUT2D eigenvalue weighted by molar-refractivity contribution is 0.241. The maximum atomic E-state index is 13.3. The standard InChI is InChI=1S/C12H16F2N2O2S/c1-19-7-8(5-6-17)15-12(18)16-10-4-2-3-9(13)11(10)14/h2-4,8,17H,5-7H2,1H3,(H2,15,16,18). The number of halogens is 2. The Hall–Kier alpha value is -1.34. The number of amides is 2. The van der Waals surface area contributed by atoms with Crippen LogP contribution in [0.25, 0.3) is 0 Å². The largest absolute Gasteiger partial charge is 0.396 e. The predicted octanol–water partition coefficient (Wildman–Crippen LogP) is 2.20. The van der Waals surface area contributed by atoms with Crippen LogP contribution in [0.3, 0.4) is 0 Å². The van der Waals surface area contributed by atoms with Gasteiger partial charge in [-0.2, -0.15) is 11.8 Å². The molecule has 7 heteroatoms. The quantitative estimate of drug-likeness (QED) is 0.752. The van der Waals surface area contributed by atoms with E-state index in [1.807, 2.05) is 6.26 Å². The Labute approximate surface area is 114 Å². The van der Waals surface area contributed by atoms with Crippen molar-refractivity contribution in [3.63, 3.8) is 0 Å². The van der Waals surface area contributed by atoms with Crippen LogP contribution in [-0.4, -0.2) is 35.8 Å². The molecule has 0 heterocycles. The van der Waals surface area contributed by atoms with Crippen LogP contribution in [-0.2, 0) is 0 Å². The summed E-state index contributed by atoms with van der Waals surface area (Å²) in [4.78, 5) is 11.6. The van der Waals surface area contributed by atoms with E-state index < -0.39 is 17.7 Å². The Bertz CT molecular complexity index is 426. The molecule has 106 valence electrons. The highest BCUT2D eigenvalue weighted by molar-refractivity contribution is 7.98. The Kier molecular flexibility index (Phi) is 6.58. The van der Waals surface area contributed by atoms with Gasteiger partial charge in [-0.15, -0.1) is 0 Å². The van der Waals surface area contributed by atoms with Gasteiger partial charge in [0.2, 0.25) is 0 Å². The van der Waals surface area contributed by atoms with E-state index in [4.69, 9.17) is 5.11 Å². The molecule has 1 aromatic carbocycles. The van der Waals surface area contributed by atoms with Crippen LogP contribution in [0, 0.1) is 11.6 Å². The van der Waals surface area contributed by atoms with Crippen molar-refractivity contribution in [3.05, 3.63) is 29.8 Å². The molecule has 0 saturated carbocycles. The number of aliphatic hydroxyl groups is 1. The minimum atomic E-state index is -1.10. The molecule has 1 unspecified atom stereocenters. The lowest BCUT2D eigenvalue weighted by atomic mass is 10.2. The van der Waals surface area contributed by atoms with Gasteiger partial charge in [0.25, 0.3) is 0 Å². The normalized spacial score (nSPS) is 12.0. The van der Waals surface area contributed by atoms with E-state index >= 15 is 0 Å². The van der Waals surface area contributed by atoms with Crippen LogP contribution >= 0.6 is 11.8 Å². The highest BCUT2D eigenvalue weighted by atomic mass is 32.2. The highest BCUT2D eigenvalue weighted by Gasteiger charge is 2.14.